The highest BCUT2D eigenvalue weighted by Crippen LogP contribution is 2.28. The minimum atomic E-state index is -0.697. The summed E-state index contributed by atoms with van der Waals surface area (Å²) in [5, 5.41) is 10.7. The summed E-state index contributed by atoms with van der Waals surface area (Å²) in [5.41, 5.74) is 0.163. The topological polar surface area (TPSA) is 23.5 Å². The molecule has 1 fully saturated rings. The predicted molar refractivity (Wildman–Crippen MR) is 78.7 cm³/mol. The van der Waals surface area contributed by atoms with Gasteiger partial charge in [0.2, 0.25) is 0 Å². The molecular weight excluding hydrogens is 309 g/mol. The first-order chi connectivity index (χ1) is 9.00. The first-order valence-corrected chi connectivity index (χ1v) is 7.70. The van der Waals surface area contributed by atoms with Gasteiger partial charge in [-0.25, -0.2) is 4.39 Å². The maximum atomic E-state index is 13.4. The Balaban J connectivity index is 2.07. The van der Waals surface area contributed by atoms with Crippen molar-refractivity contribution in [2.45, 2.75) is 38.2 Å². The summed E-state index contributed by atoms with van der Waals surface area (Å²) >= 11 is 3.30. The van der Waals surface area contributed by atoms with Gasteiger partial charge in [-0.15, -0.1) is 0 Å². The van der Waals surface area contributed by atoms with Crippen LogP contribution < -0.4 is 0 Å². The van der Waals surface area contributed by atoms with Crippen LogP contribution in [0, 0.1) is 5.82 Å². The number of hydrogen-bond donors (Lipinski definition) is 1. The van der Waals surface area contributed by atoms with Crippen LogP contribution >= 0.6 is 15.9 Å². The van der Waals surface area contributed by atoms with E-state index in [4.69, 9.17) is 0 Å². The zero-order valence-corrected chi connectivity index (χ0v) is 12.9. The second-order valence-corrected chi connectivity index (χ2v) is 6.38. The van der Waals surface area contributed by atoms with Crippen LogP contribution in [-0.2, 0) is 6.42 Å². The molecule has 2 rings (SSSR count). The van der Waals surface area contributed by atoms with Crippen molar-refractivity contribution in [3.63, 3.8) is 0 Å². The Morgan fingerprint density at radius 2 is 2.11 bits per heavy atom. The molecule has 19 heavy (non-hydrogen) atoms. The summed E-state index contributed by atoms with van der Waals surface area (Å²) in [6.45, 7) is 5.14. The first-order valence-electron chi connectivity index (χ1n) is 6.90. The molecule has 1 aliphatic heterocycles. The summed E-state index contributed by atoms with van der Waals surface area (Å²) in [5.74, 6) is -0.253. The minimum Gasteiger partial charge on any atom is -0.389 e. The van der Waals surface area contributed by atoms with Gasteiger partial charge in [-0.3, -0.25) is 0 Å². The predicted octanol–water partition coefficient (Wildman–Crippen LogP) is 3.37. The average molecular weight is 330 g/mol. The number of likely N-dealkylation sites (tertiary alicyclic amines) is 1. The Morgan fingerprint density at radius 1 is 1.32 bits per heavy atom. The van der Waals surface area contributed by atoms with Crippen LogP contribution in [0.25, 0.3) is 0 Å². The molecule has 0 bridgehead atoms. The van der Waals surface area contributed by atoms with Gasteiger partial charge in [0.05, 0.1) is 5.60 Å². The minimum absolute atomic E-state index is 0.253. The van der Waals surface area contributed by atoms with Crippen LogP contribution in [0.3, 0.4) is 0 Å². The fourth-order valence-electron chi connectivity index (χ4n) is 2.82. The van der Waals surface area contributed by atoms with Gasteiger partial charge in [0.1, 0.15) is 5.82 Å². The number of benzene rings is 1. The third kappa shape index (κ3) is 4.26. The van der Waals surface area contributed by atoms with Crippen LogP contribution in [0.4, 0.5) is 4.39 Å². The van der Waals surface area contributed by atoms with Crippen LogP contribution in [0.15, 0.2) is 22.7 Å². The van der Waals surface area contributed by atoms with Crippen LogP contribution in [0.1, 0.15) is 31.7 Å². The molecule has 1 saturated heterocycles. The highest BCUT2D eigenvalue weighted by atomic mass is 79.9. The third-order valence-corrected chi connectivity index (χ3v) is 4.37. The summed E-state index contributed by atoms with van der Waals surface area (Å²) in [7, 11) is 0. The SMILES string of the molecule is CCN1CCCC(O)(Cc2cc(F)cc(Br)c2)CC1. The zero-order valence-electron chi connectivity index (χ0n) is 11.3. The van der Waals surface area contributed by atoms with Gasteiger partial charge < -0.3 is 10.0 Å². The Labute approximate surface area is 122 Å². The maximum Gasteiger partial charge on any atom is 0.124 e. The third-order valence-electron chi connectivity index (χ3n) is 3.91. The Morgan fingerprint density at radius 3 is 2.79 bits per heavy atom. The Hall–Kier alpha value is -0.450. The van der Waals surface area contributed by atoms with Crippen molar-refractivity contribution in [2.75, 3.05) is 19.6 Å². The van der Waals surface area contributed by atoms with Gasteiger partial charge in [-0.05, 0) is 56.1 Å². The molecule has 0 amide bonds. The van der Waals surface area contributed by atoms with Crippen molar-refractivity contribution >= 4 is 15.9 Å². The Bertz CT molecular complexity index is 420. The molecule has 1 aromatic carbocycles. The van der Waals surface area contributed by atoms with E-state index in [0.717, 1.165) is 48.9 Å². The van der Waals surface area contributed by atoms with Crippen molar-refractivity contribution < 1.29 is 9.50 Å². The van der Waals surface area contributed by atoms with Crippen molar-refractivity contribution in [2.24, 2.45) is 0 Å². The highest BCUT2D eigenvalue weighted by molar-refractivity contribution is 9.10. The van der Waals surface area contributed by atoms with E-state index < -0.39 is 5.60 Å². The van der Waals surface area contributed by atoms with Crippen molar-refractivity contribution in [3.8, 4) is 0 Å². The molecule has 1 atom stereocenters. The fourth-order valence-corrected chi connectivity index (χ4v) is 3.33. The molecule has 0 aromatic heterocycles. The normalized spacial score (nSPS) is 25.3. The fraction of sp³-hybridized carbons (Fsp3) is 0.600. The molecular formula is C15H21BrFNO. The number of halogens is 2. The number of hydrogen-bond acceptors (Lipinski definition) is 2. The van der Waals surface area contributed by atoms with Gasteiger partial charge in [-0.2, -0.15) is 0 Å². The van der Waals surface area contributed by atoms with E-state index in [1.807, 2.05) is 6.07 Å². The first kappa shape index (κ1) is 14.9. The summed E-state index contributed by atoms with van der Waals surface area (Å²) in [4.78, 5) is 2.36. The van der Waals surface area contributed by atoms with Crippen molar-refractivity contribution in [1.82, 2.24) is 4.90 Å². The number of aliphatic hydroxyl groups is 1. The Kier molecular flexibility index (Phi) is 4.98. The molecule has 4 heteroatoms. The maximum absolute atomic E-state index is 13.4. The monoisotopic (exact) mass is 329 g/mol. The lowest BCUT2D eigenvalue weighted by Gasteiger charge is -2.27. The van der Waals surface area contributed by atoms with E-state index in [0.29, 0.717) is 6.42 Å². The van der Waals surface area contributed by atoms with Gasteiger partial charge in [-0.1, -0.05) is 22.9 Å². The summed E-state index contributed by atoms with van der Waals surface area (Å²) in [6.07, 6.45) is 3.08. The van der Waals surface area contributed by atoms with Crippen molar-refractivity contribution in [3.05, 3.63) is 34.1 Å². The summed E-state index contributed by atoms with van der Waals surface area (Å²) in [6, 6.07) is 4.86. The lowest BCUT2D eigenvalue weighted by atomic mass is 9.88. The van der Waals surface area contributed by atoms with Crippen LogP contribution in [-0.4, -0.2) is 35.2 Å². The van der Waals surface area contributed by atoms with E-state index in [-0.39, 0.29) is 5.82 Å². The molecule has 0 saturated carbocycles. The van der Waals surface area contributed by atoms with E-state index in [9.17, 15) is 9.50 Å². The number of rotatable bonds is 3. The van der Waals surface area contributed by atoms with Gasteiger partial charge in [0.15, 0.2) is 0 Å². The molecule has 0 spiro atoms. The molecule has 106 valence electrons. The molecule has 1 aliphatic rings. The molecule has 0 aliphatic carbocycles. The van der Waals surface area contributed by atoms with Crippen LogP contribution in [0.2, 0.25) is 0 Å². The van der Waals surface area contributed by atoms with Gasteiger partial charge >= 0.3 is 0 Å². The molecule has 1 aromatic rings. The smallest absolute Gasteiger partial charge is 0.124 e. The summed E-state index contributed by atoms with van der Waals surface area (Å²) < 4.78 is 14.1. The molecule has 2 nitrogen and oxygen atoms in total. The quantitative estimate of drug-likeness (QED) is 0.919. The lowest BCUT2D eigenvalue weighted by Crippen LogP contribution is -2.33. The molecule has 1 N–H and O–H groups in total. The standard InChI is InChI=1S/C15H21BrFNO/c1-2-18-6-3-4-15(19,5-7-18)11-12-8-13(16)10-14(17)9-12/h8-10,19H,2-7,11H2,1H3. The largest absolute Gasteiger partial charge is 0.389 e. The number of nitrogens with zero attached hydrogens (tertiary/aromatic N) is 1. The second kappa shape index (κ2) is 6.33. The van der Waals surface area contributed by atoms with Crippen LogP contribution in [0.5, 0.6) is 0 Å². The van der Waals surface area contributed by atoms with Gasteiger partial charge in [0.25, 0.3) is 0 Å². The van der Waals surface area contributed by atoms with Gasteiger partial charge in [0, 0.05) is 17.4 Å². The van der Waals surface area contributed by atoms with E-state index in [1.54, 1.807) is 0 Å². The van der Waals surface area contributed by atoms with Crippen molar-refractivity contribution in [1.29, 1.82) is 0 Å². The van der Waals surface area contributed by atoms with E-state index >= 15 is 0 Å². The zero-order chi connectivity index (χ0) is 13.9. The second-order valence-electron chi connectivity index (χ2n) is 5.47. The molecule has 1 unspecified atom stereocenters. The van der Waals surface area contributed by atoms with E-state index in [2.05, 4.69) is 27.8 Å². The molecule has 1 heterocycles. The lowest BCUT2D eigenvalue weighted by molar-refractivity contribution is 0.0258. The highest BCUT2D eigenvalue weighted by Gasteiger charge is 2.30. The average Bonchev–Trinajstić information content (AvgIpc) is 2.49. The molecule has 0 radical (unpaired) electrons. The van der Waals surface area contributed by atoms with E-state index in [1.165, 1.54) is 12.1 Å².